The SMILES string of the molecule is O=C(/C=C/c1c(Cl)cccc1Cl)NCCNC(=O)/C=C/c1c(Cl)cccc1Cl. The highest BCUT2D eigenvalue weighted by Crippen LogP contribution is 2.26. The second-order valence-corrected chi connectivity index (χ2v) is 7.15. The van der Waals surface area contributed by atoms with E-state index in [1.165, 1.54) is 24.3 Å². The van der Waals surface area contributed by atoms with Gasteiger partial charge in [0.15, 0.2) is 0 Å². The lowest BCUT2D eigenvalue weighted by atomic mass is 10.2. The monoisotopic (exact) mass is 456 g/mol. The number of rotatable bonds is 7. The van der Waals surface area contributed by atoms with E-state index in [1.807, 2.05) is 0 Å². The molecule has 0 fully saturated rings. The van der Waals surface area contributed by atoms with E-state index in [0.717, 1.165) is 0 Å². The molecule has 2 aromatic carbocycles. The van der Waals surface area contributed by atoms with Crippen LogP contribution in [0.4, 0.5) is 0 Å². The van der Waals surface area contributed by atoms with Crippen LogP contribution in [0.5, 0.6) is 0 Å². The van der Waals surface area contributed by atoms with E-state index < -0.39 is 0 Å². The zero-order valence-corrected chi connectivity index (χ0v) is 17.5. The molecule has 2 amide bonds. The quantitative estimate of drug-likeness (QED) is 0.440. The van der Waals surface area contributed by atoms with E-state index in [1.54, 1.807) is 36.4 Å². The molecule has 0 unspecified atom stereocenters. The minimum atomic E-state index is -0.330. The van der Waals surface area contributed by atoms with Crippen LogP contribution in [0.1, 0.15) is 11.1 Å². The van der Waals surface area contributed by atoms with E-state index in [4.69, 9.17) is 46.4 Å². The number of hydrogen-bond acceptors (Lipinski definition) is 2. The number of halogens is 4. The Morgan fingerprint density at radius 2 is 1.00 bits per heavy atom. The molecular weight excluding hydrogens is 442 g/mol. The van der Waals surface area contributed by atoms with Crippen molar-refractivity contribution in [2.45, 2.75) is 0 Å². The minimum Gasteiger partial charge on any atom is -0.351 e. The molecule has 0 heterocycles. The smallest absolute Gasteiger partial charge is 0.244 e. The Kier molecular flexibility index (Phi) is 8.87. The summed E-state index contributed by atoms with van der Waals surface area (Å²) < 4.78 is 0. The second kappa shape index (κ2) is 11.1. The van der Waals surface area contributed by atoms with Crippen LogP contribution >= 0.6 is 46.4 Å². The van der Waals surface area contributed by atoms with Crippen LogP contribution < -0.4 is 10.6 Å². The van der Waals surface area contributed by atoms with Gasteiger partial charge in [-0.2, -0.15) is 0 Å². The van der Waals surface area contributed by atoms with Gasteiger partial charge in [0.1, 0.15) is 0 Å². The van der Waals surface area contributed by atoms with Gasteiger partial charge in [-0.05, 0) is 36.4 Å². The zero-order valence-electron chi connectivity index (χ0n) is 14.5. The summed E-state index contributed by atoms with van der Waals surface area (Å²) in [5.74, 6) is -0.660. The molecule has 0 aliphatic carbocycles. The summed E-state index contributed by atoms with van der Waals surface area (Å²) in [7, 11) is 0. The third kappa shape index (κ3) is 6.88. The predicted octanol–water partition coefficient (Wildman–Crippen LogP) is 5.26. The van der Waals surface area contributed by atoms with E-state index in [0.29, 0.717) is 31.2 Å². The standard InChI is InChI=1S/C20H16Cl4N2O2/c21-15-3-1-4-16(22)13(15)7-9-19(27)25-11-12-26-20(28)10-8-14-17(23)5-2-6-18(14)24/h1-10H,11-12H2,(H,25,27)(H,26,28)/b9-7+,10-8+. The average Bonchev–Trinajstić information content (AvgIpc) is 2.64. The fourth-order valence-corrected chi connectivity index (χ4v) is 3.19. The molecule has 0 spiro atoms. The van der Waals surface area contributed by atoms with Gasteiger partial charge in [-0.15, -0.1) is 0 Å². The normalized spacial score (nSPS) is 11.1. The summed E-state index contributed by atoms with van der Waals surface area (Å²) in [5, 5.41) is 7.10. The van der Waals surface area contributed by atoms with Gasteiger partial charge in [0.25, 0.3) is 0 Å². The van der Waals surface area contributed by atoms with E-state index >= 15 is 0 Å². The Labute approximate surface area is 183 Å². The summed E-state index contributed by atoms with van der Waals surface area (Å²) >= 11 is 24.1. The Bertz CT molecular complexity index is 810. The van der Waals surface area contributed by atoms with Crippen molar-refractivity contribution in [3.05, 3.63) is 79.8 Å². The lowest BCUT2D eigenvalue weighted by Gasteiger charge is -2.04. The summed E-state index contributed by atoms with van der Waals surface area (Å²) in [5.41, 5.74) is 1.13. The largest absolute Gasteiger partial charge is 0.351 e. The van der Waals surface area contributed by atoms with Crippen molar-refractivity contribution in [1.29, 1.82) is 0 Å². The van der Waals surface area contributed by atoms with Crippen molar-refractivity contribution in [3.8, 4) is 0 Å². The van der Waals surface area contributed by atoms with Crippen molar-refractivity contribution < 1.29 is 9.59 Å². The molecule has 8 heteroatoms. The molecule has 0 bridgehead atoms. The number of carbonyl (C=O) groups is 2. The molecule has 0 aliphatic heterocycles. The lowest BCUT2D eigenvalue weighted by molar-refractivity contribution is -0.118. The zero-order chi connectivity index (χ0) is 20.5. The molecule has 0 aromatic heterocycles. The van der Waals surface area contributed by atoms with Gasteiger partial charge in [-0.25, -0.2) is 0 Å². The first-order valence-corrected chi connectivity index (χ1v) is 9.69. The van der Waals surface area contributed by atoms with Crippen LogP contribution in [-0.2, 0) is 9.59 Å². The van der Waals surface area contributed by atoms with Gasteiger partial charge in [-0.1, -0.05) is 58.5 Å². The lowest BCUT2D eigenvalue weighted by Crippen LogP contribution is -2.33. The first-order chi connectivity index (χ1) is 13.4. The molecular formula is C20H16Cl4N2O2. The maximum atomic E-state index is 11.8. The van der Waals surface area contributed by atoms with Crippen LogP contribution in [-0.4, -0.2) is 24.9 Å². The van der Waals surface area contributed by atoms with Gasteiger partial charge in [0, 0.05) is 56.5 Å². The first-order valence-electron chi connectivity index (χ1n) is 8.18. The average molecular weight is 458 g/mol. The van der Waals surface area contributed by atoms with Gasteiger partial charge in [0.2, 0.25) is 11.8 Å². The Morgan fingerprint density at radius 3 is 1.32 bits per heavy atom. The number of amides is 2. The molecule has 0 aliphatic rings. The third-order valence-electron chi connectivity index (χ3n) is 3.53. The van der Waals surface area contributed by atoms with Gasteiger partial charge < -0.3 is 10.6 Å². The van der Waals surface area contributed by atoms with Crippen molar-refractivity contribution >= 4 is 70.4 Å². The molecule has 2 rings (SSSR count). The predicted molar refractivity (Wildman–Crippen MR) is 117 cm³/mol. The number of nitrogens with one attached hydrogen (secondary N) is 2. The number of hydrogen-bond donors (Lipinski definition) is 2. The van der Waals surface area contributed by atoms with Crippen LogP contribution in [0, 0.1) is 0 Å². The van der Waals surface area contributed by atoms with E-state index in [9.17, 15) is 9.59 Å². The maximum Gasteiger partial charge on any atom is 0.244 e. The first kappa shape index (κ1) is 22.3. The van der Waals surface area contributed by atoms with Crippen LogP contribution in [0.25, 0.3) is 12.2 Å². The highest BCUT2D eigenvalue weighted by molar-refractivity contribution is 6.37. The highest BCUT2D eigenvalue weighted by atomic mass is 35.5. The van der Waals surface area contributed by atoms with Gasteiger partial charge >= 0.3 is 0 Å². The second-order valence-electron chi connectivity index (χ2n) is 5.52. The maximum absolute atomic E-state index is 11.8. The number of carbonyl (C=O) groups excluding carboxylic acids is 2. The third-order valence-corrected chi connectivity index (χ3v) is 4.84. The molecule has 28 heavy (non-hydrogen) atoms. The molecule has 2 aromatic rings. The van der Waals surface area contributed by atoms with E-state index in [-0.39, 0.29) is 24.9 Å². The molecule has 2 N–H and O–H groups in total. The Hall–Kier alpha value is -1.98. The molecule has 0 saturated heterocycles. The molecule has 0 atom stereocenters. The van der Waals surface area contributed by atoms with Gasteiger partial charge in [0.05, 0.1) is 0 Å². The van der Waals surface area contributed by atoms with Crippen LogP contribution in [0.15, 0.2) is 48.6 Å². The molecule has 0 saturated carbocycles. The molecule has 4 nitrogen and oxygen atoms in total. The Morgan fingerprint density at radius 1 is 0.679 bits per heavy atom. The van der Waals surface area contributed by atoms with Crippen molar-refractivity contribution in [1.82, 2.24) is 10.6 Å². The summed E-state index contributed by atoms with van der Waals surface area (Å²) in [6.45, 7) is 0.512. The van der Waals surface area contributed by atoms with Crippen molar-refractivity contribution in [2.24, 2.45) is 0 Å². The van der Waals surface area contributed by atoms with Crippen molar-refractivity contribution in [2.75, 3.05) is 13.1 Å². The van der Waals surface area contributed by atoms with Crippen LogP contribution in [0.2, 0.25) is 20.1 Å². The van der Waals surface area contributed by atoms with Crippen molar-refractivity contribution in [3.63, 3.8) is 0 Å². The number of benzene rings is 2. The fraction of sp³-hybridized carbons (Fsp3) is 0.100. The van der Waals surface area contributed by atoms with Gasteiger partial charge in [-0.3, -0.25) is 9.59 Å². The molecule has 0 radical (unpaired) electrons. The van der Waals surface area contributed by atoms with E-state index in [2.05, 4.69) is 10.6 Å². The summed E-state index contributed by atoms with van der Waals surface area (Å²) in [6, 6.07) is 10.2. The molecule has 146 valence electrons. The highest BCUT2D eigenvalue weighted by Gasteiger charge is 2.04. The Balaban J connectivity index is 1.76. The van der Waals surface area contributed by atoms with Crippen LogP contribution in [0.3, 0.4) is 0 Å². The summed E-state index contributed by atoms with van der Waals surface area (Å²) in [6.07, 6.45) is 5.73. The summed E-state index contributed by atoms with van der Waals surface area (Å²) in [4.78, 5) is 23.7. The minimum absolute atomic E-state index is 0.256. The topological polar surface area (TPSA) is 58.2 Å². The fourth-order valence-electron chi connectivity index (χ4n) is 2.15.